The van der Waals surface area contributed by atoms with Crippen molar-refractivity contribution in [3.63, 3.8) is 0 Å². The van der Waals surface area contributed by atoms with Crippen LogP contribution < -0.4 is 10.5 Å². The first-order valence-electron chi connectivity index (χ1n) is 5.80. The zero-order chi connectivity index (χ0) is 14.9. The molecule has 7 heteroatoms. The van der Waals surface area contributed by atoms with E-state index in [0.29, 0.717) is 0 Å². The summed E-state index contributed by atoms with van der Waals surface area (Å²) >= 11 is 5.92. The van der Waals surface area contributed by atoms with Gasteiger partial charge in [-0.1, -0.05) is 11.6 Å². The number of anilines is 2. The van der Waals surface area contributed by atoms with Gasteiger partial charge in [0.2, 0.25) is 0 Å². The molecule has 0 unspecified atom stereocenters. The van der Waals surface area contributed by atoms with Crippen LogP contribution in [0.25, 0.3) is 0 Å². The second-order valence-corrected chi connectivity index (χ2v) is 6.49. The number of benzene rings is 1. The van der Waals surface area contributed by atoms with Gasteiger partial charge in [-0.05, 0) is 43.2 Å². The summed E-state index contributed by atoms with van der Waals surface area (Å²) in [6.45, 7) is 3.69. The number of sulfonamides is 1. The monoisotopic (exact) mass is 311 g/mol. The van der Waals surface area contributed by atoms with Crippen LogP contribution in [0.15, 0.2) is 35.5 Å². The molecule has 0 radical (unpaired) electrons. The average molecular weight is 312 g/mol. The highest BCUT2D eigenvalue weighted by molar-refractivity contribution is 7.92. The van der Waals surface area contributed by atoms with Gasteiger partial charge in [0, 0.05) is 6.20 Å². The zero-order valence-electron chi connectivity index (χ0n) is 11.0. The molecule has 3 N–H and O–H groups in total. The normalized spacial score (nSPS) is 11.3. The topological polar surface area (TPSA) is 85.1 Å². The van der Waals surface area contributed by atoms with Crippen molar-refractivity contribution in [2.75, 3.05) is 10.5 Å². The van der Waals surface area contributed by atoms with Crippen molar-refractivity contribution in [3.05, 3.63) is 46.7 Å². The number of aryl methyl sites for hydroxylation is 2. The van der Waals surface area contributed by atoms with Crippen LogP contribution in [-0.2, 0) is 10.0 Å². The number of hydrogen-bond acceptors (Lipinski definition) is 4. The van der Waals surface area contributed by atoms with E-state index < -0.39 is 10.0 Å². The summed E-state index contributed by atoms with van der Waals surface area (Å²) in [7, 11) is -3.81. The SMILES string of the molecule is Cc1cc(N)c(S(=O)(=O)Nc2cnccc2Cl)cc1C. The van der Waals surface area contributed by atoms with Crippen LogP contribution in [0.2, 0.25) is 5.02 Å². The molecule has 0 saturated carbocycles. The van der Waals surface area contributed by atoms with Gasteiger partial charge in [-0.25, -0.2) is 8.42 Å². The number of nitrogen functional groups attached to an aromatic ring is 1. The zero-order valence-corrected chi connectivity index (χ0v) is 12.6. The van der Waals surface area contributed by atoms with Crippen molar-refractivity contribution in [3.8, 4) is 0 Å². The molecule has 2 aromatic rings. The van der Waals surface area contributed by atoms with Crippen LogP contribution in [-0.4, -0.2) is 13.4 Å². The molecule has 0 fully saturated rings. The highest BCUT2D eigenvalue weighted by atomic mass is 35.5. The lowest BCUT2D eigenvalue weighted by Crippen LogP contribution is -2.15. The Kier molecular flexibility index (Phi) is 3.87. The molecule has 0 amide bonds. The van der Waals surface area contributed by atoms with Gasteiger partial charge in [-0.15, -0.1) is 0 Å². The van der Waals surface area contributed by atoms with Crippen molar-refractivity contribution in [2.45, 2.75) is 18.7 Å². The van der Waals surface area contributed by atoms with E-state index in [2.05, 4.69) is 9.71 Å². The first-order valence-corrected chi connectivity index (χ1v) is 7.66. The van der Waals surface area contributed by atoms with Crippen LogP contribution in [0, 0.1) is 13.8 Å². The Morgan fingerprint density at radius 2 is 1.90 bits per heavy atom. The Labute approximate surface area is 122 Å². The average Bonchev–Trinajstić information content (AvgIpc) is 2.36. The summed E-state index contributed by atoms with van der Waals surface area (Å²) in [5.74, 6) is 0. The number of nitrogens with two attached hydrogens (primary N) is 1. The Morgan fingerprint density at radius 3 is 2.55 bits per heavy atom. The minimum absolute atomic E-state index is 0.0283. The van der Waals surface area contributed by atoms with E-state index in [1.165, 1.54) is 24.5 Å². The molecule has 0 aliphatic rings. The summed E-state index contributed by atoms with van der Waals surface area (Å²) in [6.07, 6.45) is 2.82. The summed E-state index contributed by atoms with van der Waals surface area (Å²) < 4.78 is 27.1. The third kappa shape index (κ3) is 2.86. The standard InChI is InChI=1S/C13H14ClN3O2S/c1-8-5-11(15)13(6-9(8)2)20(18,19)17-12-7-16-4-3-10(12)14/h3-7,17H,15H2,1-2H3. The molecule has 0 bridgehead atoms. The lowest BCUT2D eigenvalue weighted by molar-refractivity contribution is 0.601. The molecule has 1 aromatic carbocycles. The second-order valence-electron chi connectivity index (χ2n) is 4.44. The predicted octanol–water partition coefficient (Wildman–Crippen LogP) is 2.73. The lowest BCUT2D eigenvalue weighted by atomic mass is 10.1. The number of nitrogens with zero attached hydrogens (tertiary/aromatic N) is 1. The van der Waals surface area contributed by atoms with Gasteiger partial charge in [0.15, 0.2) is 0 Å². The molecule has 1 aromatic heterocycles. The molecule has 2 rings (SSSR count). The fourth-order valence-corrected chi connectivity index (χ4v) is 3.17. The number of rotatable bonds is 3. The summed E-state index contributed by atoms with van der Waals surface area (Å²) in [4.78, 5) is 3.86. The number of pyridine rings is 1. The van der Waals surface area contributed by atoms with Crippen LogP contribution in [0.4, 0.5) is 11.4 Å². The van der Waals surface area contributed by atoms with Crippen molar-refractivity contribution in [1.29, 1.82) is 0 Å². The minimum Gasteiger partial charge on any atom is -0.398 e. The molecule has 0 saturated heterocycles. The van der Waals surface area contributed by atoms with Gasteiger partial charge in [0.1, 0.15) is 4.90 Å². The Bertz CT molecular complexity index is 760. The first-order chi connectivity index (χ1) is 9.31. The third-order valence-electron chi connectivity index (χ3n) is 2.93. The van der Waals surface area contributed by atoms with Crippen molar-refractivity contribution in [1.82, 2.24) is 4.98 Å². The number of nitrogens with one attached hydrogen (secondary N) is 1. The van der Waals surface area contributed by atoms with Crippen LogP contribution in [0.1, 0.15) is 11.1 Å². The van der Waals surface area contributed by atoms with Gasteiger partial charge in [0.05, 0.1) is 22.6 Å². The van der Waals surface area contributed by atoms with Gasteiger partial charge in [-0.2, -0.15) is 0 Å². The Balaban J connectivity index is 2.47. The van der Waals surface area contributed by atoms with E-state index in [0.717, 1.165) is 11.1 Å². The number of hydrogen-bond donors (Lipinski definition) is 2. The van der Waals surface area contributed by atoms with E-state index in [4.69, 9.17) is 17.3 Å². The van der Waals surface area contributed by atoms with Gasteiger partial charge >= 0.3 is 0 Å². The van der Waals surface area contributed by atoms with Gasteiger partial charge in [-0.3, -0.25) is 9.71 Å². The first kappa shape index (κ1) is 14.6. The summed E-state index contributed by atoms with van der Waals surface area (Å²) in [5.41, 5.74) is 7.99. The van der Waals surface area contributed by atoms with E-state index >= 15 is 0 Å². The minimum atomic E-state index is -3.81. The fourth-order valence-electron chi connectivity index (χ4n) is 1.70. The summed E-state index contributed by atoms with van der Waals surface area (Å²) in [5, 5.41) is 0.269. The fraction of sp³-hybridized carbons (Fsp3) is 0.154. The Hall–Kier alpha value is -1.79. The smallest absolute Gasteiger partial charge is 0.264 e. The van der Waals surface area contributed by atoms with Crippen molar-refractivity contribution < 1.29 is 8.42 Å². The van der Waals surface area contributed by atoms with Gasteiger partial charge < -0.3 is 5.73 Å². The Morgan fingerprint density at radius 1 is 1.25 bits per heavy atom. The van der Waals surface area contributed by atoms with Gasteiger partial charge in [0.25, 0.3) is 10.0 Å². The maximum absolute atomic E-state index is 12.4. The van der Waals surface area contributed by atoms with E-state index in [-0.39, 0.29) is 21.3 Å². The third-order valence-corrected chi connectivity index (χ3v) is 4.68. The van der Waals surface area contributed by atoms with Crippen LogP contribution >= 0.6 is 11.6 Å². The van der Waals surface area contributed by atoms with E-state index in [9.17, 15) is 8.42 Å². The molecule has 1 heterocycles. The van der Waals surface area contributed by atoms with E-state index in [1.807, 2.05) is 13.8 Å². The molecule has 20 heavy (non-hydrogen) atoms. The molecule has 0 atom stereocenters. The maximum Gasteiger partial charge on any atom is 0.264 e. The number of aromatic nitrogens is 1. The molecule has 0 aliphatic carbocycles. The second kappa shape index (κ2) is 5.30. The molecule has 0 aliphatic heterocycles. The molecule has 5 nitrogen and oxygen atoms in total. The van der Waals surface area contributed by atoms with Crippen molar-refractivity contribution >= 4 is 33.0 Å². The molecule has 106 valence electrons. The molecular formula is C13H14ClN3O2S. The lowest BCUT2D eigenvalue weighted by Gasteiger charge is -2.12. The predicted molar refractivity (Wildman–Crippen MR) is 80.4 cm³/mol. The van der Waals surface area contributed by atoms with Crippen molar-refractivity contribution in [2.24, 2.45) is 0 Å². The molecular weight excluding hydrogens is 298 g/mol. The van der Waals surface area contributed by atoms with Crippen LogP contribution in [0.3, 0.4) is 0 Å². The highest BCUT2D eigenvalue weighted by Crippen LogP contribution is 2.27. The quantitative estimate of drug-likeness (QED) is 0.853. The largest absolute Gasteiger partial charge is 0.398 e. The van der Waals surface area contributed by atoms with Crippen LogP contribution in [0.5, 0.6) is 0 Å². The van der Waals surface area contributed by atoms with E-state index in [1.54, 1.807) is 6.07 Å². The maximum atomic E-state index is 12.4. The highest BCUT2D eigenvalue weighted by Gasteiger charge is 2.19. The molecule has 0 spiro atoms. The summed E-state index contributed by atoms with van der Waals surface area (Å²) in [6, 6.07) is 4.68. The number of halogens is 1.